The first-order valence-electron chi connectivity index (χ1n) is 6.85. The minimum absolute atomic E-state index is 0.121. The molecule has 1 unspecified atom stereocenters. The molecule has 22 heavy (non-hydrogen) atoms. The van der Waals surface area contributed by atoms with Gasteiger partial charge in [0.2, 0.25) is 0 Å². The van der Waals surface area contributed by atoms with Crippen LogP contribution < -0.4 is 9.47 Å². The van der Waals surface area contributed by atoms with Crippen molar-refractivity contribution >= 4 is 0 Å². The molecule has 1 fully saturated rings. The number of pyridine rings is 1. The molecule has 8 heteroatoms. The molecule has 0 bridgehead atoms. The van der Waals surface area contributed by atoms with Crippen LogP contribution in [-0.4, -0.2) is 42.6 Å². The van der Waals surface area contributed by atoms with Crippen LogP contribution >= 0.6 is 0 Å². The van der Waals surface area contributed by atoms with Gasteiger partial charge in [-0.3, -0.25) is 0 Å². The maximum absolute atomic E-state index is 5.64. The van der Waals surface area contributed by atoms with E-state index in [9.17, 15) is 0 Å². The van der Waals surface area contributed by atoms with Gasteiger partial charge in [-0.2, -0.15) is 0 Å². The fourth-order valence-electron chi connectivity index (χ4n) is 2.24. The van der Waals surface area contributed by atoms with Crippen molar-refractivity contribution in [2.45, 2.75) is 18.6 Å². The van der Waals surface area contributed by atoms with Crippen molar-refractivity contribution in [3.63, 3.8) is 0 Å². The molecule has 1 saturated heterocycles. The topological polar surface area (TPSA) is 88.7 Å². The lowest BCUT2D eigenvalue weighted by molar-refractivity contribution is -0.0421. The van der Waals surface area contributed by atoms with Crippen molar-refractivity contribution in [1.82, 2.24) is 15.2 Å². The normalized spacial score (nSPS) is 21.0. The quantitative estimate of drug-likeness (QED) is 0.789. The summed E-state index contributed by atoms with van der Waals surface area (Å²) in [5.41, 5.74) is -0.656. The zero-order valence-corrected chi connectivity index (χ0v) is 12.4. The van der Waals surface area contributed by atoms with Gasteiger partial charge in [0.25, 0.3) is 17.7 Å². The largest absolute Gasteiger partial charge is 0.478 e. The number of nitrogens with zero attached hydrogens (tertiary/aromatic N) is 3. The maximum Gasteiger partial charge on any atom is 0.256 e. The highest BCUT2D eigenvalue weighted by Gasteiger charge is 2.42. The number of methoxy groups -OCH3 is 2. The maximum atomic E-state index is 5.64. The highest BCUT2D eigenvalue weighted by molar-refractivity contribution is 5.32. The van der Waals surface area contributed by atoms with E-state index in [1.54, 1.807) is 25.4 Å². The second-order valence-electron chi connectivity index (χ2n) is 4.80. The van der Waals surface area contributed by atoms with Crippen LogP contribution in [0.5, 0.6) is 11.6 Å². The summed E-state index contributed by atoms with van der Waals surface area (Å²) in [6.07, 6.45) is 2.31. The number of aromatic nitrogens is 3. The number of hydrogen-bond acceptors (Lipinski definition) is 8. The van der Waals surface area contributed by atoms with Gasteiger partial charge < -0.3 is 23.4 Å². The molecular weight excluding hydrogens is 290 g/mol. The minimum atomic E-state index is -0.656. The molecule has 2 aromatic heterocycles. The SMILES string of the molecule is COc1ncccc1OCc1nnc(C2(OC)CCOC2)o1. The van der Waals surface area contributed by atoms with Crippen molar-refractivity contribution in [2.24, 2.45) is 0 Å². The molecule has 0 aromatic carbocycles. The highest BCUT2D eigenvalue weighted by Crippen LogP contribution is 2.33. The summed E-state index contributed by atoms with van der Waals surface area (Å²) < 4.78 is 27.2. The predicted octanol–water partition coefficient (Wildman–Crippen LogP) is 1.31. The van der Waals surface area contributed by atoms with Gasteiger partial charge in [0.1, 0.15) is 0 Å². The summed E-state index contributed by atoms with van der Waals surface area (Å²) in [5.74, 6) is 1.67. The smallest absolute Gasteiger partial charge is 0.256 e. The van der Waals surface area contributed by atoms with E-state index in [4.69, 9.17) is 23.4 Å². The van der Waals surface area contributed by atoms with Crippen LogP contribution in [0.1, 0.15) is 18.2 Å². The van der Waals surface area contributed by atoms with Crippen molar-refractivity contribution in [3.8, 4) is 11.6 Å². The summed E-state index contributed by atoms with van der Waals surface area (Å²) in [5, 5.41) is 8.03. The van der Waals surface area contributed by atoms with Crippen LogP contribution in [0.4, 0.5) is 0 Å². The Kier molecular flexibility index (Phi) is 4.21. The Morgan fingerprint density at radius 1 is 1.32 bits per heavy atom. The second kappa shape index (κ2) is 6.29. The zero-order chi connectivity index (χ0) is 15.4. The van der Waals surface area contributed by atoms with E-state index in [2.05, 4.69) is 15.2 Å². The minimum Gasteiger partial charge on any atom is -0.478 e. The molecule has 118 valence electrons. The van der Waals surface area contributed by atoms with E-state index < -0.39 is 5.60 Å². The molecule has 1 atom stereocenters. The Hall–Kier alpha value is -2.19. The summed E-state index contributed by atoms with van der Waals surface area (Å²) >= 11 is 0. The van der Waals surface area contributed by atoms with Gasteiger partial charge >= 0.3 is 0 Å². The van der Waals surface area contributed by atoms with Crippen molar-refractivity contribution in [1.29, 1.82) is 0 Å². The Balaban J connectivity index is 1.69. The lowest BCUT2D eigenvalue weighted by Gasteiger charge is -2.20. The zero-order valence-electron chi connectivity index (χ0n) is 12.4. The van der Waals surface area contributed by atoms with E-state index in [0.717, 1.165) is 0 Å². The summed E-state index contributed by atoms with van der Waals surface area (Å²) in [4.78, 5) is 4.05. The molecule has 0 spiro atoms. The molecule has 0 amide bonds. The number of ether oxygens (including phenoxy) is 4. The van der Waals surface area contributed by atoms with E-state index in [0.29, 0.717) is 43.0 Å². The fourth-order valence-corrected chi connectivity index (χ4v) is 2.24. The average molecular weight is 307 g/mol. The number of rotatable bonds is 6. The Labute approximate surface area is 127 Å². The summed E-state index contributed by atoms with van der Waals surface area (Å²) in [6, 6.07) is 3.51. The third-order valence-corrected chi connectivity index (χ3v) is 3.51. The predicted molar refractivity (Wildman–Crippen MR) is 73.5 cm³/mol. The molecule has 3 heterocycles. The van der Waals surface area contributed by atoms with Gasteiger partial charge in [0.05, 0.1) is 20.3 Å². The third kappa shape index (κ3) is 2.75. The fraction of sp³-hybridized carbons (Fsp3) is 0.500. The lowest BCUT2D eigenvalue weighted by atomic mass is 10.0. The number of hydrogen-bond donors (Lipinski definition) is 0. The van der Waals surface area contributed by atoms with E-state index >= 15 is 0 Å². The summed E-state index contributed by atoms with van der Waals surface area (Å²) in [7, 11) is 3.14. The third-order valence-electron chi connectivity index (χ3n) is 3.51. The monoisotopic (exact) mass is 307 g/mol. The first kappa shape index (κ1) is 14.7. The van der Waals surface area contributed by atoms with E-state index in [-0.39, 0.29) is 6.61 Å². The molecule has 2 aromatic rings. The Bertz CT molecular complexity index is 624. The second-order valence-corrected chi connectivity index (χ2v) is 4.80. The Morgan fingerprint density at radius 2 is 2.23 bits per heavy atom. The average Bonchev–Trinajstić information content (AvgIpc) is 3.23. The summed E-state index contributed by atoms with van der Waals surface area (Å²) in [6.45, 7) is 1.13. The molecule has 0 N–H and O–H groups in total. The molecule has 1 aliphatic heterocycles. The van der Waals surface area contributed by atoms with Gasteiger partial charge in [-0.05, 0) is 12.1 Å². The van der Waals surface area contributed by atoms with Crippen LogP contribution in [0, 0.1) is 0 Å². The van der Waals surface area contributed by atoms with Gasteiger partial charge in [-0.15, -0.1) is 10.2 Å². The van der Waals surface area contributed by atoms with Gasteiger partial charge in [0.15, 0.2) is 18.0 Å². The van der Waals surface area contributed by atoms with Crippen molar-refractivity contribution in [2.75, 3.05) is 27.4 Å². The molecule has 0 aliphatic carbocycles. The molecule has 3 rings (SSSR count). The Morgan fingerprint density at radius 3 is 2.95 bits per heavy atom. The molecule has 0 radical (unpaired) electrons. The van der Waals surface area contributed by atoms with Crippen LogP contribution in [0.25, 0.3) is 0 Å². The van der Waals surface area contributed by atoms with Gasteiger partial charge in [0, 0.05) is 19.7 Å². The molecule has 0 saturated carbocycles. The van der Waals surface area contributed by atoms with Gasteiger partial charge in [-0.1, -0.05) is 0 Å². The highest BCUT2D eigenvalue weighted by atomic mass is 16.6. The van der Waals surface area contributed by atoms with E-state index in [1.165, 1.54) is 7.11 Å². The van der Waals surface area contributed by atoms with Crippen LogP contribution in [-0.2, 0) is 21.7 Å². The molecule has 8 nitrogen and oxygen atoms in total. The van der Waals surface area contributed by atoms with Crippen LogP contribution in [0.2, 0.25) is 0 Å². The van der Waals surface area contributed by atoms with Crippen molar-refractivity contribution in [3.05, 3.63) is 30.1 Å². The van der Waals surface area contributed by atoms with Gasteiger partial charge in [-0.25, -0.2) is 4.98 Å². The molecule has 1 aliphatic rings. The van der Waals surface area contributed by atoms with Crippen LogP contribution in [0.15, 0.2) is 22.7 Å². The first-order valence-corrected chi connectivity index (χ1v) is 6.85. The van der Waals surface area contributed by atoms with Crippen LogP contribution in [0.3, 0.4) is 0 Å². The van der Waals surface area contributed by atoms with Crippen molar-refractivity contribution < 1.29 is 23.4 Å². The lowest BCUT2D eigenvalue weighted by Crippen LogP contribution is -2.29. The van der Waals surface area contributed by atoms with E-state index in [1.807, 2.05) is 0 Å². The first-order chi connectivity index (χ1) is 10.8. The standard InChI is InChI=1S/C14H17N3O5/c1-18-12-10(4-3-6-15-12)21-8-11-16-17-13(22-11)14(19-2)5-7-20-9-14/h3-4,6H,5,7-9H2,1-2H3. The molecular formula is C14H17N3O5.